The van der Waals surface area contributed by atoms with Crippen molar-refractivity contribution in [2.45, 2.75) is 19.0 Å². The highest BCUT2D eigenvalue weighted by Gasteiger charge is 2.30. The van der Waals surface area contributed by atoms with E-state index in [4.69, 9.17) is 5.73 Å². The van der Waals surface area contributed by atoms with Crippen LogP contribution in [0.3, 0.4) is 0 Å². The van der Waals surface area contributed by atoms with Crippen LogP contribution in [0.25, 0.3) is 0 Å². The topological polar surface area (TPSA) is 124 Å². The summed E-state index contributed by atoms with van der Waals surface area (Å²) in [6, 6.07) is 6.22. The van der Waals surface area contributed by atoms with Gasteiger partial charge in [-0.1, -0.05) is 12.1 Å². The lowest BCUT2D eigenvalue weighted by Gasteiger charge is -2.21. The summed E-state index contributed by atoms with van der Waals surface area (Å²) >= 11 is 0. The van der Waals surface area contributed by atoms with Crippen LogP contribution in [0.5, 0.6) is 0 Å². The Morgan fingerprint density at radius 1 is 1.47 bits per heavy atom. The molecule has 7 nitrogen and oxygen atoms in total. The number of nitrogens with two attached hydrogens (primary N) is 1. The van der Waals surface area contributed by atoms with Crippen LogP contribution in [0.1, 0.15) is 24.6 Å². The molecule has 1 aromatic rings. The molecule has 0 heterocycles. The van der Waals surface area contributed by atoms with E-state index < -0.39 is 19.2 Å². The number of hydrogen-bond acceptors (Lipinski definition) is 4. The average molecular weight is 288 g/mol. The molecule has 0 aromatic heterocycles. The summed E-state index contributed by atoms with van der Waals surface area (Å²) in [7, 11) is -4.41. The third-order valence-corrected chi connectivity index (χ3v) is 4.05. The molecule has 0 aliphatic carbocycles. The zero-order chi connectivity index (χ0) is 14.6. The zero-order valence-corrected chi connectivity index (χ0v) is 11.3. The van der Waals surface area contributed by atoms with Crippen molar-refractivity contribution < 1.29 is 24.4 Å². The molecule has 1 aromatic carbocycles. The molecule has 0 saturated heterocycles. The predicted molar refractivity (Wildman–Crippen MR) is 69.4 cm³/mol. The Morgan fingerprint density at radius 2 is 2.11 bits per heavy atom. The summed E-state index contributed by atoms with van der Waals surface area (Å²) in [6.45, 7) is 0.993. The fourth-order valence-corrected chi connectivity index (χ4v) is 2.70. The van der Waals surface area contributed by atoms with Crippen molar-refractivity contribution in [3.63, 3.8) is 0 Å². The Balaban J connectivity index is 2.91. The molecule has 0 spiro atoms. The number of hydrogen-bond donors (Lipinski definition) is 4. The number of anilines is 1. The Labute approximate surface area is 110 Å². The quantitative estimate of drug-likeness (QED) is 0.278. The minimum atomic E-state index is -4.41. The van der Waals surface area contributed by atoms with Crippen LogP contribution >= 0.6 is 7.60 Å². The summed E-state index contributed by atoms with van der Waals surface area (Å²) in [5, 5.41) is 9.67. The Kier molecular flexibility index (Phi) is 5.08. The average Bonchev–Trinajstić information content (AvgIpc) is 2.27. The number of nitrogen functional groups attached to an aromatic ring is 1. The highest BCUT2D eigenvalue weighted by atomic mass is 31.2. The molecular weight excluding hydrogens is 271 g/mol. The number of hydroxylamine groups is 2. The molecule has 0 fully saturated rings. The summed E-state index contributed by atoms with van der Waals surface area (Å²) < 4.78 is 11.5. The number of amides is 1. The molecule has 1 atom stereocenters. The lowest BCUT2D eigenvalue weighted by molar-refractivity contribution is -0.162. The lowest BCUT2D eigenvalue weighted by Crippen LogP contribution is -2.26. The summed E-state index contributed by atoms with van der Waals surface area (Å²) in [5.74, 6) is -0.586. The van der Waals surface area contributed by atoms with Gasteiger partial charge in [0.05, 0.1) is 5.66 Å². The van der Waals surface area contributed by atoms with Crippen molar-refractivity contribution in [1.29, 1.82) is 0 Å². The summed E-state index contributed by atoms with van der Waals surface area (Å²) in [6.07, 6.45) is -0.0657. The van der Waals surface area contributed by atoms with E-state index >= 15 is 0 Å². The van der Waals surface area contributed by atoms with Crippen molar-refractivity contribution in [1.82, 2.24) is 5.06 Å². The Morgan fingerprint density at radius 3 is 2.58 bits per heavy atom. The van der Waals surface area contributed by atoms with Gasteiger partial charge in [-0.3, -0.25) is 14.6 Å². The van der Waals surface area contributed by atoms with Crippen LogP contribution in [-0.2, 0) is 9.36 Å². The summed E-state index contributed by atoms with van der Waals surface area (Å²) in [4.78, 5) is 29.6. The van der Waals surface area contributed by atoms with Gasteiger partial charge in [-0.2, -0.15) is 0 Å². The highest BCUT2D eigenvalue weighted by Crippen LogP contribution is 2.53. The fraction of sp³-hybridized carbons (Fsp3) is 0.364. The van der Waals surface area contributed by atoms with Crippen LogP contribution in [0.15, 0.2) is 24.3 Å². The van der Waals surface area contributed by atoms with Crippen molar-refractivity contribution in [3.05, 3.63) is 29.8 Å². The van der Waals surface area contributed by atoms with Crippen LogP contribution in [0, 0.1) is 0 Å². The normalized spacial score (nSPS) is 13.1. The molecule has 8 heteroatoms. The van der Waals surface area contributed by atoms with Gasteiger partial charge in [0.15, 0.2) is 0 Å². The maximum atomic E-state index is 11.5. The first kappa shape index (κ1) is 15.7. The van der Waals surface area contributed by atoms with E-state index in [9.17, 15) is 24.4 Å². The van der Waals surface area contributed by atoms with E-state index in [-0.39, 0.29) is 13.0 Å². The number of benzene rings is 1. The van der Waals surface area contributed by atoms with Crippen molar-refractivity contribution in [2.75, 3.05) is 12.3 Å². The second-order valence-electron chi connectivity index (χ2n) is 4.21. The second-order valence-corrected chi connectivity index (χ2v) is 6.01. The molecule has 0 saturated carbocycles. The molecular formula is C11H17N2O5P. The first-order chi connectivity index (χ1) is 8.71. The SMILES string of the molecule is CC(=O)N(O)CCC(c1cccc(N)c1)P(=O)(O)O. The lowest BCUT2D eigenvalue weighted by atomic mass is 10.1. The van der Waals surface area contributed by atoms with Gasteiger partial charge in [-0.05, 0) is 24.1 Å². The van der Waals surface area contributed by atoms with Gasteiger partial charge in [0.1, 0.15) is 0 Å². The molecule has 0 radical (unpaired) electrons. The third-order valence-electron chi connectivity index (χ3n) is 2.68. The standard InChI is InChI=1S/C11H17N2O5P/c1-8(14)13(15)6-5-11(19(16,17)18)9-3-2-4-10(12)7-9/h2-4,7,11,15H,5-6,12H2,1H3,(H2,16,17,18). The van der Waals surface area contributed by atoms with E-state index in [0.717, 1.165) is 6.92 Å². The van der Waals surface area contributed by atoms with Gasteiger partial charge in [-0.15, -0.1) is 0 Å². The number of carbonyl (C=O) groups excluding carboxylic acids is 1. The molecule has 0 aliphatic rings. The van der Waals surface area contributed by atoms with Crippen LogP contribution in [-0.4, -0.2) is 32.5 Å². The van der Waals surface area contributed by atoms with Crippen molar-refractivity contribution in [2.24, 2.45) is 0 Å². The van der Waals surface area contributed by atoms with Gasteiger partial charge < -0.3 is 15.5 Å². The molecule has 5 N–H and O–H groups in total. The molecule has 0 aliphatic heterocycles. The zero-order valence-electron chi connectivity index (χ0n) is 10.4. The van der Waals surface area contributed by atoms with Crippen molar-refractivity contribution in [3.8, 4) is 0 Å². The van der Waals surface area contributed by atoms with Gasteiger partial charge in [0.25, 0.3) is 0 Å². The second kappa shape index (κ2) is 6.16. The number of nitrogens with zero attached hydrogens (tertiary/aromatic N) is 1. The highest BCUT2D eigenvalue weighted by molar-refractivity contribution is 7.52. The first-order valence-electron chi connectivity index (χ1n) is 5.59. The van der Waals surface area contributed by atoms with E-state index in [0.29, 0.717) is 16.3 Å². The Bertz CT molecular complexity index is 502. The number of rotatable bonds is 5. The van der Waals surface area contributed by atoms with Gasteiger partial charge in [0, 0.05) is 19.2 Å². The van der Waals surface area contributed by atoms with E-state index in [2.05, 4.69) is 0 Å². The summed E-state index contributed by atoms with van der Waals surface area (Å²) in [5.41, 5.74) is 5.24. The molecule has 1 unspecified atom stereocenters. The monoisotopic (exact) mass is 288 g/mol. The largest absolute Gasteiger partial charge is 0.399 e. The fourth-order valence-electron chi connectivity index (χ4n) is 1.70. The first-order valence-corrected chi connectivity index (χ1v) is 7.27. The molecule has 0 bridgehead atoms. The third kappa shape index (κ3) is 4.65. The van der Waals surface area contributed by atoms with Gasteiger partial charge in [-0.25, -0.2) is 5.06 Å². The van der Waals surface area contributed by atoms with Gasteiger partial charge >= 0.3 is 7.60 Å². The van der Waals surface area contributed by atoms with E-state index in [1.807, 2.05) is 0 Å². The van der Waals surface area contributed by atoms with Crippen LogP contribution in [0.4, 0.5) is 5.69 Å². The van der Waals surface area contributed by atoms with Crippen LogP contribution in [0.2, 0.25) is 0 Å². The van der Waals surface area contributed by atoms with E-state index in [1.165, 1.54) is 6.07 Å². The minimum Gasteiger partial charge on any atom is -0.399 e. The maximum absolute atomic E-state index is 11.5. The van der Waals surface area contributed by atoms with Crippen LogP contribution < -0.4 is 5.73 Å². The van der Waals surface area contributed by atoms with Crippen molar-refractivity contribution >= 4 is 19.2 Å². The Hall–Kier alpha value is -1.40. The molecule has 106 valence electrons. The predicted octanol–water partition coefficient (Wildman–Crippen LogP) is 1.12. The smallest absolute Gasteiger partial charge is 0.333 e. The minimum absolute atomic E-state index is 0.0657. The van der Waals surface area contributed by atoms with E-state index in [1.54, 1.807) is 18.2 Å². The maximum Gasteiger partial charge on any atom is 0.333 e. The van der Waals surface area contributed by atoms with Gasteiger partial charge in [0.2, 0.25) is 5.91 Å². The molecule has 1 amide bonds. The number of carbonyl (C=O) groups is 1. The molecule has 1 rings (SSSR count). The molecule has 19 heavy (non-hydrogen) atoms.